The Labute approximate surface area is 199 Å². The van der Waals surface area contributed by atoms with E-state index in [-0.39, 0.29) is 5.88 Å². The van der Waals surface area contributed by atoms with E-state index in [1.54, 1.807) is 10.9 Å². The number of rotatable bonds is 6. The minimum atomic E-state index is -0.507. The Bertz CT molecular complexity index is 1130. The van der Waals surface area contributed by atoms with E-state index >= 15 is 0 Å². The summed E-state index contributed by atoms with van der Waals surface area (Å²) >= 11 is 0. The zero-order valence-electron chi connectivity index (χ0n) is 20.2. The number of hydrogen-bond donors (Lipinski definition) is 0. The average Bonchev–Trinajstić information content (AvgIpc) is 3.38. The molecule has 0 spiro atoms. The maximum atomic E-state index is 14.4. The van der Waals surface area contributed by atoms with Crippen molar-refractivity contribution in [3.8, 4) is 22.8 Å². The summed E-state index contributed by atoms with van der Waals surface area (Å²) in [5.41, 5.74) is 4.63. The molecule has 5 heterocycles. The minimum Gasteiger partial charge on any atom is -0.479 e. The molecule has 182 valence electrons. The van der Waals surface area contributed by atoms with E-state index < -0.39 is 5.82 Å². The molecular formula is C25H33FN6O2. The highest BCUT2D eigenvalue weighted by molar-refractivity contribution is 5.64. The number of ether oxygens (including phenoxy) is 2. The molecule has 2 aliphatic heterocycles. The van der Waals surface area contributed by atoms with Crippen LogP contribution in [0.1, 0.15) is 43.5 Å². The molecule has 5 rings (SSSR count). The van der Waals surface area contributed by atoms with Gasteiger partial charge in [0.15, 0.2) is 5.82 Å². The quantitative estimate of drug-likeness (QED) is 0.550. The van der Waals surface area contributed by atoms with Crippen molar-refractivity contribution in [3.63, 3.8) is 0 Å². The number of fused-ring (bicyclic) bond motifs is 1. The summed E-state index contributed by atoms with van der Waals surface area (Å²) in [7, 11) is 3.60. The summed E-state index contributed by atoms with van der Waals surface area (Å²) < 4.78 is 29.1. The van der Waals surface area contributed by atoms with E-state index in [4.69, 9.17) is 19.7 Å². The molecule has 3 aromatic rings. The average molecular weight is 469 g/mol. The third-order valence-corrected chi connectivity index (χ3v) is 7.24. The summed E-state index contributed by atoms with van der Waals surface area (Å²) in [6, 6.07) is 1.80. The van der Waals surface area contributed by atoms with Gasteiger partial charge < -0.3 is 14.4 Å². The van der Waals surface area contributed by atoms with Crippen molar-refractivity contribution in [1.82, 2.24) is 29.4 Å². The van der Waals surface area contributed by atoms with Crippen LogP contribution in [0.3, 0.4) is 0 Å². The largest absolute Gasteiger partial charge is 0.479 e. The monoisotopic (exact) mass is 468 g/mol. The van der Waals surface area contributed by atoms with E-state index in [1.165, 1.54) is 26.0 Å². The van der Waals surface area contributed by atoms with Crippen molar-refractivity contribution in [2.75, 3.05) is 40.5 Å². The number of halogens is 1. The zero-order valence-corrected chi connectivity index (χ0v) is 20.2. The van der Waals surface area contributed by atoms with Gasteiger partial charge in [0.2, 0.25) is 5.88 Å². The molecule has 9 heteroatoms. The second kappa shape index (κ2) is 9.84. The number of likely N-dealkylation sites (tertiary alicyclic amines) is 1. The van der Waals surface area contributed by atoms with Crippen LogP contribution in [0.4, 0.5) is 4.39 Å². The van der Waals surface area contributed by atoms with Gasteiger partial charge in [-0.2, -0.15) is 10.2 Å². The van der Waals surface area contributed by atoms with Crippen molar-refractivity contribution in [3.05, 3.63) is 41.7 Å². The number of methoxy groups -OCH3 is 1. The number of nitrogens with zero attached hydrogens (tertiary/aromatic N) is 6. The number of piperidine rings is 1. The van der Waals surface area contributed by atoms with Gasteiger partial charge in [0.1, 0.15) is 0 Å². The molecule has 1 unspecified atom stereocenters. The maximum absolute atomic E-state index is 14.4. The topological polar surface area (TPSA) is 70.2 Å². The highest BCUT2D eigenvalue weighted by Gasteiger charge is 2.28. The lowest BCUT2D eigenvalue weighted by Crippen LogP contribution is -2.34. The van der Waals surface area contributed by atoms with Gasteiger partial charge in [0.05, 0.1) is 55.8 Å². The summed E-state index contributed by atoms with van der Waals surface area (Å²) in [6.45, 7) is 5.77. The van der Waals surface area contributed by atoms with Gasteiger partial charge >= 0.3 is 0 Å². The molecule has 1 saturated heterocycles. The Balaban J connectivity index is 1.51. The van der Waals surface area contributed by atoms with Gasteiger partial charge in [-0.15, -0.1) is 0 Å². The third kappa shape index (κ3) is 4.34. The second-order valence-electron chi connectivity index (χ2n) is 9.31. The summed E-state index contributed by atoms with van der Waals surface area (Å²) in [5.74, 6) is 0.101. The van der Waals surface area contributed by atoms with E-state index in [2.05, 4.69) is 34.7 Å². The first-order valence-corrected chi connectivity index (χ1v) is 12.2. The first kappa shape index (κ1) is 23.0. The molecular weight excluding hydrogens is 435 g/mol. The van der Waals surface area contributed by atoms with E-state index in [0.29, 0.717) is 37.3 Å². The molecule has 0 N–H and O–H groups in total. The van der Waals surface area contributed by atoms with Gasteiger partial charge in [-0.1, -0.05) is 6.92 Å². The van der Waals surface area contributed by atoms with E-state index in [0.717, 1.165) is 48.4 Å². The molecule has 3 aromatic heterocycles. The van der Waals surface area contributed by atoms with Crippen molar-refractivity contribution in [2.45, 2.75) is 45.1 Å². The Morgan fingerprint density at radius 3 is 2.74 bits per heavy atom. The van der Waals surface area contributed by atoms with Crippen molar-refractivity contribution < 1.29 is 13.9 Å². The molecule has 0 radical (unpaired) electrons. The predicted molar refractivity (Wildman–Crippen MR) is 127 cm³/mol. The van der Waals surface area contributed by atoms with Crippen LogP contribution >= 0.6 is 0 Å². The van der Waals surface area contributed by atoms with Crippen LogP contribution in [-0.4, -0.2) is 69.9 Å². The lowest BCUT2D eigenvalue weighted by molar-refractivity contribution is 0.145. The Hall–Kier alpha value is -2.78. The molecule has 0 aliphatic carbocycles. The Kier molecular flexibility index (Phi) is 6.65. The molecule has 8 nitrogen and oxygen atoms in total. The second-order valence-corrected chi connectivity index (χ2v) is 9.31. The number of hydrogen-bond acceptors (Lipinski definition) is 6. The SMILES string of the molecule is CCC(C1CCN(C)CC1)n1cc(-c2nn(-c3cnc(OC)c(F)c3)c3c2CCOCC3)cn1. The van der Waals surface area contributed by atoms with E-state index in [9.17, 15) is 4.39 Å². The summed E-state index contributed by atoms with van der Waals surface area (Å²) in [5, 5.41) is 9.73. The number of aromatic nitrogens is 5. The van der Waals surface area contributed by atoms with Crippen molar-refractivity contribution in [1.29, 1.82) is 0 Å². The molecule has 0 saturated carbocycles. The third-order valence-electron chi connectivity index (χ3n) is 7.24. The van der Waals surface area contributed by atoms with Crippen LogP contribution in [0, 0.1) is 11.7 Å². The van der Waals surface area contributed by atoms with Crippen LogP contribution in [0.15, 0.2) is 24.7 Å². The standard InChI is InChI=1S/C25H33FN6O2/c1-4-22(17-5-9-30(2)10-6-17)31-16-18(14-28-31)24-20-7-11-34-12-8-23(20)32(29-24)19-13-21(26)25(33-3)27-15-19/h13-17,22H,4-12H2,1-3H3. The molecule has 0 aromatic carbocycles. The Morgan fingerprint density at radius 1 is 1.21 bits per heavy atom. The van der Waals surface area contributed by atoms with E-state index in [1.807, 2.05) is 6.20 Å². The van der Waals surface area contributed by atoms with Gasteiger partial charge in [0.25, 0.3) is 0 Å². The van der Waals surface area contributed by atoms with Crippen LogP contribution in [0.25, 0.3) is 16.9 Å². The van der Waals surface area contributed by atoms with Gasteiger partial charge in [0, 0.05) is 29.8 Å². The fraction of sp³-hybridized carbons (Fsp3) is 0.560. The highest BCUT2D eigenvalue weighted by atomic mass is 19.1. The van der Waals surface area contributed by atoms with Gasteiger partial charge in [-0.3, -0.25) is 4.68 Å². The Morgan fingerprint density at radius 2 is 2.00 bits per heavy atom. The fourth-order valence-corrected chi connectivity index (χ4v) is 5.37. The molecule has 34 heavy (non-hydrogen) atoms. The highest BCUT2D eigenvalue weighted by Crippen LogP contribution is 2.34. The molecule has 1 atom stereocenters. The minimum absolute atomic E-state index is 0.0219. The van der Waals surface area contributed by atoms with Crippen LogP contribution in [-0.2, 0) is 17.6 Å². The molecule has 2 aliphatic rings. The first-order valence-electron chi connectivity index (χ1n) is 12.2. The number of pyridine rings is 1. The lowest BCUT2D eigenvalue weighted by atomic mass is 9.88. The maximum Gasteiger partial charge on any atom is 0.250 e. The molecule has 0 amide bonds. The normalized spacial score (nSPS) is 18.5. The summed E-state index contributed by atoms with van der Waals surface area (Å²) in [6.07, 6.45) is 10.6. The molecule has 0 bridgehead atoms. The zero-order chi connectivity index (χ0) is 23.7. The van der Waals surface area contributed by atoms with Gasteiger partial charge in [-0.25, -0.2) is 14.1 Å². The summed E-state index contributed by atoms with van der Waals surface area (Å²) in [4.78, 5) is 6.52. The van der Waals surface area contributed by atoms with Crippen LogP contribution < -0.4 is 4.74 Å². The van der Waals surface area contributed by atoms with Crippen molar-refractivity contribution in [2.24, 2.45) is 5.92 Å². The van der Waals surface area contributed by atoms with Crippen LogP contribution in [0.2, 0.25) is 0 Å². The van der Waals surface area contributed by atoms with Gasteiger partial charge in [-0.05, 0) is 51.7 Å². The lowest BCUT2D eigenvalue weighted by Gasteiger charge is -2.34. The van der Waals surface area contributed by atoms with Crippen molar-refractivity contribution >= 4 is 0 Å². The van der Waals surface area contributed by atoms with Crippen LogP contribution in [0.5, 0.6) is 5.88 Å². The first-order chi connectivity index (χ1) is 16.6. The smallest absolute Gasteiger partial charge is 0.250 e. The molecule has 1 fully saturated rings. The fourth-order valence-electron chi connectivity index (χ4n) is 5.37. The predicted octanol–water partition coefficient (Wildman–Crippen LogP) is 3.69.